The Morgan fingerprint density at radius 1 is 1.00 bits per heavy atom. The molecule has 2 rings (SSSR count). The minimum absolute atomic E-state index is 0.540. The van der Waals surface area contributed by atoms with E-state index in [-0.39, 0.29) is 0 Å². The van der Waals surface area contributed by atoms with Crippen molar-refractivity contribution in [1.29, 1.82) is 0 Å². The third-order valence-corrected chi connectivity index (χ3v) is 3.30. The Bertz CT molecular complexity index is 540. The van der Waals surface area contributed by atoms with Crippen LogP contribution in [0.4, 0.5) is 5.69 Å². The van der Waals surface area contributed by atoms with Gasteiger partial charge in [0.25, 0.3) is 0 Å². The van der Waals surface area contributed by atoms with Crippen molar-refractivity contribution in [2.45, 2.75) is 0 Å². The van der Waals surface area contributed by atoms with Gasteiger partial charge in [0.2, 0.25) is 0 Å². The number of anilines is 1. The van der Waals surface area contributed by atoms with Gasteiger partial charge in [-0.1, -0.05) is 23.2 Å². The normalized spacial score (nSPS) is 10.3. The van der Waals surface area contributed by atoms with Gasteiger partial charge in [-0.2, -0.15) is 0 Å². The smallest absolute Gasteiger partial charge is 0.140 e. The van der Waals surface area contributed by atoms with E-state index in [1.807, 2.05) is 12.1 Å². The molecule has 2 aromatic rings. The van der Waals surface area contributed by atoms with Crippen molar-refractivity contribution < 1.29 is 4.74 Å². The number of hydrogen-bond acceptors (Lipinski definition) is 2. The summed E-state index contributed by atoms with van der Waals surface area (Å²) < 4.78 is 6.62. The summed E-state index contributed by atoms with van der Waals surface area (Å²) in [5.41, 5.74) is 6.37. The molecule has 17 heavy (non-hydrogen) atoms. The summed E-state index contributed by atoms with van der Waals surface area (Å²) in [6, 6.07) is 10.5. The second-order valence-corrected chi connectivity index (χ2v) is 5.43. The molecule has 0 saturated carbocycles. The van der Waals surface area contributed by atoms with Crippen LogP contribution < -0.4 is 10.5 Å². The summed E-state index contributed by atoms with van der Waals surface area (Å²) in [6.45, 7) is 0. The maximum Gasteiger partial charge on any atom is 0.140 e. The fraction of sp³-hybridized carbons (Fsp3) is 0. The molecule has 2 aromatic carbocycles. The first kappa shape index (κ1) is 12.8. The van der Waals surface area contributed by atoms with Crippen LogP contribution in [0.2, 0.25) is 10.0 Å². The first-order valence-electron chi connectivity index (χ1n) is 4.73. The van der Waals surface area contributed by atoms with Gasteiger partial charge in [-0.25, -0.2) is 0 Å². The van der Waals surface area contributed by atoms with Crippen molar-refractivity contribution in [2.75, 3.05) is 5.73 Å². The lowest BCUT2D eigenvalue weighted by molar-refractivity contribution is 0.479. The van der Waals surface area contributed by atoms with Crippen LogP contribution >= 0.6 is 45.8 Å². The highest BCUT2D eigenvalue weighted by Crippen LogP contribution is 2.31. The topological polar surface area (TPSA) is 35.2 Å². The van der Waals surface area contributed by atoms with Crippen molar-refractivity contribution in [1.82, 2.24) is 0 Å². The minimum atomic E-state index is 0.540. The molecule has 88 valence electrons. The third kappa shape index (κ3) is 3.40. The Morgan fingerprint density at radius 2 is 1.65 bits per heavy atom. The molecule has 0 aliphatic carbocycles. The summed E-state index contributed by atoms with van der Waals surface area (Å²) in [5, 5.41) is 1.08. The Balaban J connectivity index is 2.31. The Morgan fingerprint density at radius 3 is 2.24 bits per heavy atom. The van der Waals surface area contributed by atoms with Crippen molar-refractivity contribution in [3.8, 4) is 11.5 Å². The van der Waals surface area contributed by atoms with Gasteiger partial charge >= 0.3 is 0 Å². The van der Waals surface area contributed by atoms with Crippen LogP contribution in [0.5, 0.6) is 11.5 Å². The number of benzene rings is 2. The fourth-order valence-electron chi connectivity index (χ4n) is 1.31. The van der Waals surface area contributed by atoms with Crippen molar-refractivity contribution in [2.24, 2.45) is 0 Å². The summed E-state index contributed by atoms with van der Waals surface area (Å²) >= 11 is 13.9. The standard InChI is InChI=1S/C12H8Cl2INO/c13-7-3-8(14)5-10(4-7)17-12-2-1-9(16)6-11(12)15/h1-6H,16H2. The lowest BCUT2D eigenvalue weighted by atomic mass is 10.3. The molecule has 5 heteroatoms. The Kier molecular flexibility index (Phi) is 4.01. The lowest BCUT2D eigenvalue weighted by Crippen LogP contribution is -1.90. The predicted molar refractivity (Wildman–Crippen MR) is 80.1 cm³/mol. The number of nitrogens with two attached hydrogens (primary N) is 1. The monoisotopic (exact) mass is 379 g/mol. The second-order valence-electron chi connectivity index (χ2n) is 3.40. The van der Waals surface area contributed by atoms with E-state index in [4.69, 9.17) is 33.7 Å². The molecule has 0 aliphatic rings. The molecule has 0 bridgehead atoms. The van der Waals surface area contributed by atoms with Gasteiger partial charge in [0.1, 0.15) is 11.5 Å². The van der Waals surface area contributed by atoms with Crippen LogP contribution in [0, 0.1) is 3.57 Å². The predicted octanol–water partition coefficient (Wildman–Crippen LogP) is 4.97. The quantitative estimate of drug-likeness (QED) is 0.590. The largest absolute Gasteiger partial charge is 0.456 e. The van der Waals surface area contributed by atoms with Crippen LogP contribution in [0.1, 0.15) is 0 Å². The molecule has 0 heterocycles. The molecule has 0 fully saturated rings. The van der Waals surface area contributed by atoms with E-state index in [1.54, 1.807) is 24.3 Å². The van der Waals surface area contributed by atoms with Gasteiger partial charge in [0.15, 0.2) is 0 Å². The first-order chi connectivity index (χ1) is 8.04. The molecule has 0 amide bonds. The SMILES string of the molecule is Nc1ccc(Oc2cc(Cl)cc(Cl)c2)c(I)c1. The van der Waals surface area contributed by atoms with E-state index in [0.29, 0.717) is 21.5 Å². The van der Waals surface area contributed by atoms with Crippen LogP contribution in [-0.4, -0.2) is 0 Å². The second kappa shape index (κ2) is 5.33. The number of halogens is 3. The highest BCUT2D eigenvalue weighted by atomic mass is 127. The molecule has 0 aromatic heterocycles. The number of hydrogen-bond donors (Lipinski definition) is 1. The average molecular weight is 380 g/mol. The van der Waals surface area contributed by atoms with Crippen LogP contribution in [0.15, 0.2) is 36.4 Å². The van der Waals surface area contributed by atoms with Gasteiger partial charge < -0.3 is 10.5 Å². The summed E-state index contributed by atoms with van der Waals surface area (Å²) in [6.07, 6.45) is 0. The van der Waals surface area contributed by atoms with Gasteiger partial charge in [0.05, 0.1) is 3.57 Å². The van der Waals surface area contributed by atoms with E-state index >= 15 is 0 Å². The zero-order valence-corrected chi connectivity index (χ0v) is 12.3. The third-order valence-electron chi connectivity index (χ3n) is 2.02. The summed E-state index contributed by atoms with van der Waals surface area (Å²) in [7, 11) is 0. The van der Waals surface area contributed by atoms with E-state index in [9.17, 15) is 0 Å². The molecule has 0 spiro atoms. The van der Waals surface area contributed by atoms with Gasteiger partial charge in [-0.05, 0) is 59.0 Å². The minimum Gasteiger partial charge on any atom is -0.456 e. The van der Waals surface area contributed by atoms with Gasteiger partial charge in [-0.3, -0.25) is 0 Å². The highest BCUT2D eigenvalue weighted by molar-refractivity contribution is 14.1. The van der Waals surface area contributed by atoms with Gasteiger partial charge in [0, 0.05) is 15.7 Å². The first-order valence-corrected chi connectivity index (χ1v) is 6.57. The lowest BCUT2D eigenvalue weighted by Gasteiger charge is -2.09. The Labute approximate surface area is 123 Å². The zero-order valence-electron chi connectivity index (χ0n) is 8.58. The molecule has 0 saturated heterocycles. The van der Waals surface area contributed by atoms with Crippen LogP contribution in [0.25, 0.3) is 0 Å². The van der Waals surface area contributed by atoms with Crippen molar-refractivity contribution in [3.05, 3.63) is 50.0 Å². The van der Waals surface area contributed by atoms with Crippen LogP contribution in [0.3, 0.4) is 0 Å². The summed E-state index contributed by atoms with van der Waals surface area (Å²) in [4.78, 5) is 0. The number of rotatable bonds is 2. The highest BCUT2D eigenvalue weighted by Gasteiger charge is 2.05. The molecule has 0 radical (unpaired) electrons. The summed E-state index contributed by atoms with van der Waals surface area (Å²) in [5.74, 6) is 1.32. The molecule has 0 aliphatic heterocycles. The molecule has 0 atom stereocenters. The molecule has 2 N–H and O–H groups in total. The maximum atomic E-state index is 5.90. The average Bonchev–Trinajstić information content (AvgIpc) is 2.21. The molecular weight excluding hydrogens is 372 g/mol. The molecule has 2 nitrogen and oxygen atoms in total. The Hall–Kier alpha value is -0.650. The molecule has 0 unspecified atom stereocenters. The molecular formula is C12H8Cl2INO. The number of nitrogen functional groups attached to an aromatic ring is 1. The van der Waals surface area contributed by atoms with Crippen LogP contribution in [-0.2, 0) is 0 Å². The van der Waals surface area contributed by atoms with E-state index in [1.165, 1.54) is 0 Å². The van der Waals surface area contributed by atoms with E-state index in [0.717, 1.165) is 9.32 Å². The van der Waals surface area contributed by atoms with Gasteiger partial charge in [-0.15, -0.1) is 0 Å². The fourth-order valence-corrected chi connectivity index (χ4v) is 2.47. The van der Waals surface area contributed by atoms with E-state index < -0.39 is 0 Å². The van der Waals surface area contributed by atoms with E-state index in [2.05, 4.69) is 22.6 Å². The maximum absolute atomic E-state index is 5.90. The zero-order chi connectivity index (χ0) is 12.4. The van der Waals surface area contributed by atoms with Crippen molar-refractivity contribution in [3.63, 3.8) is 0 Å². The van der Waals surface area contributed by atoms with Crippen molar-refractivity contribution >= 4 is 51.5 Å². The number of ether oxygens (including phenoxy) is 1.